The van der Waals surface area contributed by atoms with Crippen LogP contribution in [0.4, 0.5) is 4.39 Å². The van der Waals surface area contributed by atoms with Crippen LogP contribution in [0.5, 0.6) is 0 Å². The van der Waals surface area contributed by atoms with Crippen LogP contribution in [0, 0.1) is 12.7 Å². The minimum atomic E-state index is -0.168. The summed E-state index contributed by atoms with van der Waals surface area (Å²) < 4.78 is 18.3. The highest BCUT2D eigenvalue weighted by Crippen LogP contribution is 2.16. The average molecular weight is 249 g/mol. The highest BCUT2D eigenvalue weighted by Gasteiger charge is 2.07. The predicted octanol–water partition coefficient (Wildman–Crippen LogP) is 2.41. The Morgan fingerprint density at radius 1 is 1.44 bits per heavy atom. The maximum absolute atomic E-state index is 13.4. The summed E-state index contributed by atoms with van der Waals surface area (Å²) in [5, 5.41) is 6.83. The molecule has 96 valence electrons. The van der Waals surface area contributed by atoms with Crippen LogP contribution in [0.15, 0.2) is 29.0 Å². The number of hydrogen-bond donors (Lipinski definition) is 1. The number of nitrogens with zero attached hydrogens (tertiary/aromatic N) is 2. The van der Waals surface area contributed by atoms with Gasteiger partial charge < -0.3 is 9.84 Å². The Labute approximate surface area is 105 Å². The molecule has 0 spiro atoms. The summed E-state index contributed by atoms with van der Waals surface area (Å²) in [6.07, 6.45) is 2.05. The zero-order chi connectivity index (χ0) is 13.0. The SMILES string of the molecule is Cc1ccc(C(C)NCCc2ncno2)cc1F. The molecule has 1 heterocycles. The van der Waals surface area contributed by atoms with Crippen molar-refractivity contribution in [2.75, 3.05) is 6.54 Å². The summed E-state index contributed by atoms with van der Waals surface area (Å²) in [7, 11) is 0. The Hall–Kier alpha value is -1.75. The van der Waals surface area contributed by atoms with Gasteiger partial charge in [0, 0.05) is 19.0 Å². The van der Waals surface area contributed by atoms with Gasteiger partial charge in [0.15, 0.2) is 6.33 Å². The van der Waals surface area contributed by atoms with Crippen molar-refractivity contribution in [3.8, 4) is 0 Å². The van der Waals surface area contributed by atoms with Crippen LogP contribution in [0.25, 0.3) is 0 Å². The molecule has 2 rings (SSSR count). The van der Waals surface area contributed by atoms with Gasteiger partial charge in [0.1, 0.15) is 5.82 Å². The van der Waals surface area contributed by atoms with Crippen LogP contribution in [0.1, 0.15) is 30.0 Å². The van der Waals surface area contributed by atoms with Crippen molar-refractivity contribution in [1.29, 1.82) is 0 Å². The van der Waals surface area contributed by atoms with E-state index in [4.69, 9.17) is 4.52 Å². The summed E-state index contributed by atoms with van der Waals surface area (Å²) in [5.41, 5.74) is 1.60. The summed E-state index contributed by atoms with van der Waals surface area (Å²) in [5.74, 6) is 0.433. The minimum Gasteiger partial charge on any atom is -0.340 e. The van der Waals surface area contributed by atoms with Gasteiger partial charge in [-0.05, 0) is 31.0 Å². The summed E-state index contributed by atoms with van der Waals surface area (Å²) in [6.45, 7) is 4.46. The average Bonchev–Trinajstić information content (AvgIpc) is 2.85. The zero-order valence-corrected chi connectivity index (χ0v) is 10.5. The van der Waals surface area contributed by atoms with E-state index in [2.05, 4.69) is 15.5 Å². The molecule has 0 amide bonds. The van der Waals surface area contributed by atoms with E-state index in [0.717, 1.165) is 5.56 Å². The lowest BCUT2D eigenvalue weighted by molar-refractivity contribution is 0.372. The summed E-state index contributed by atoms with van der Waals surface area (Å²) in [6, 6.07) is 5.38. The molecule has 0 aliphatic rings. The number of aromatic nitrogens is 2. The minimum absolute atomic E-state index is 0.0861. The topological polar surface area (TPSA) is 51.0 Å². The molecule has 0 aliphatic carbocycles. The molecule has 2 aromatic rings. The fourth-order valence-electron chi connectivity index (χ4n) is 1.70. The molecular weight excluding hydrogens is 233 g/mol. The van der Waals surface area contributed by atoms with E-state index in [1.54, 1.807) is 19.1 Å². The molecule has 1 atom stereocenters. The molecule has 0 saturated heterocycles. The highest BCUT2D eigenvalue weighted by molar-refractivity contribution is 5.25. The molecule has 1 aromatic heterocycles. The number of rotatable bonds is 5. The van der Waals surface area contributed by atoms with Crippen molar-refractivity contribution >= 4 is 0 Å². The van der Waals surface area contributed by atoms with Gasteiger partial charge in [0.25, 0.3) is 0 Å². The number of aryl methyl sites for hydroxylation is 1. The van der Waals surface area contributed by atoms with Crippen LogP contribution in [-0.2, 0) is 6.42 Å². The number of halogens is 1. The van der Waals surface area contributed by atoms with E-state index in [1.165, 1.54) is 6.33 Å². The Morgan fingerprint density at radius 3 is 2.94 bits per heavy atom. The van der Waals surface area contributed by atoms with Gasteiger partial charge in [-0.1, -0.05) is 17.3 Å². The number of nitrogens with one attached hydrogen (secondary N) is 1. The highest BCUT2D eigenvalue weighted by atomic mass is 19.1. The molecule has 0 bridgehead atoms. The van der Waals surface area contributed by atoms with Crippen LogP contribution in [-0.4, -0.2) is 16.7 Å². The largest absolute Gasteiger partial charge is 0.340 e. The van der Waals surface area contributed by atoms with E-state index in [9.17, 15) is 4.39 Å². The molecule has 0 fully saturated rings. The molecule has 1 N–H and O–H groups in total. The first-order chi connectivity index (χ1) is 8.66. The second-order valence-electron chi connectivity index (χ2n) is 4.27. The Balaban J connectivity index is 1.87. The third-order valence-electron chi connectivity index (χ3n) is 2.89. The van der Waals surface area contributed by atoms with Crippen molar-refractivity contribution in [1.82, 2.24) is 15.5 Å². The molecule has 18 heavy (non-hydrogen) atoms. The standard InChI is InChI=1S/C13H16FN3O/c1-9-3-4-11(7-12(9)14)10(2)15-6-5-13-16-8-17-18-13/h3-4,7-8,10,15H,5-6H2,1-2H3. The first-order valence-electron chi connectivity index (χ1n) is 5.92. The van der Waals surface area contributed by atoms with E-state index < -0.39 is 0 Å². The molecule has 0 saturated carbocycles. The lowest BCUT2D eigenvalue weighted by Crippen LogP contribution is -2.21. The van der Waals surface area contributed by atoms with E-state index in [1.807, 2.05) is 13.0 Å². The van der Waals surface area contributed by atoms with Crippen molar-refractivity contribution in [2.24, 2.45) is 0 Å². The third-order valence-corrected chi connectivity index (χ3v) is 2.89. The maximum atomic E-state index is 13.4. The third kappa shape index (κ3) is 3.13. The first kappa shape index (κ1) is 12.7. The van der Waals surface area contributed by atoms with Crippen LogP contribution >= 0.6 is 0 Å². The van der Waals surface area contributed by atoms with Gasteiger partial charge in [-0.25, -0.2) is 4.39 Å². The maximum Gasteiger partial charge on any atom is 0.227 e. The Bertz CT molecular complexity index is 499. The monoisotopic (exact) mass is 249 g/mol. The zero-order valence-electron chi connectivity index (χ0n) is 10.5. The fraction of sp³-hybridized carbons (Fsp3) is 0.385. The van der Waals surface area contributed by atoms with Gasteiger partial charge in [0.2, 0.25) is 5.89 Å². The molecule has 1 aromatic carbocycles. The van der Waals surface area contributed by atoms with Crippen LogP contribution in [0.2, 0.25) is 0 Å². The van der Waals surface area contributed by atoms with E-state index in [-0.39, 0.29) is 11.9 Å². The van der Waals surface area contributed by atoms with Gasteiger partial charge in [-0.3, -0.25) is 0 Å². The van der Waals surface area contributed by atoms with Crippen LogP contribution < -0.4 is 5.32 Å². The van der Waals surface area contributed by atoms with Crippen molar-refractivity contribution in [3.05, 3.63) is 47.4 Å². The molecular formula is C13H16FN3O. The van der Waals surface area contributed by atoms with Crippen molar-refractivity contribution < 1.29 is 8.91 Å². The molecule has 4 nitrogen and oxygen atoms in total. The lowest BCUT2D eigenvalue weighted by atomic mass is 10.1. The van der Waals surface area contributed by atoms with Gasteiger partial charge in [-0.2, -0.15) is 4.98 Å². The van der Waals surface area contributed by atoms with E-state index >= 15 is 0 Å². The van der Waals surface area contributed by atoms with Gasteiger partial charge >= 0.3 is 0 Å². The second-order valence-corrected chi connectivity index (χ2v) is 4.27. The number of hydrogen-bond acceptors (Lipinski definition) is 4. The summed E-state index contributed by atoms with van der Waals surface area (Å²) >= 11 is 0. The van der Waals surface area contributed by atoms with E-state index in [0.29, 0.717) is 24.4 Å². The van der Waals surface area contributed by atoms with Crippen molar-refractivity contribution in [3.63, 3.8) is 0 Å². The Kier molecular flexibility index (Phi) is 4.04. The molecule has 0 aliphatic heterocycles. The van der Waals surface area contributed by atoms with Crippen molar-refractivity contribution in [2.45, 2.75) is 26.3 Å². The molecule has 0 radical (unpaired) electrons. The first-order valence-corrected chi connectivity index (χ1v) is 5.92. The second kappa shape index (κ2) is 5.73. The van der Waals surface area contributed by atoms with Crippen LogP contribution in [0.3, 0.4) is 0 Å². The Morgan fingerprint density at radius 2 is 2.28 bits per heavy atom. The smallest absolute Gasteiger partial charge is 0.227 e. The molecule has 1 unspecified atom stereocenters. The lowest BCUT2D eigenvalue weighted by Gasteiger charge is -2.14. The normalized spacial score (nSPS) is 12.6. The number of benzene rings is 1. The van der Waals surface area contributed by atoms with Gasteiger partial charge in [-0.15, -0.1) is 0 Å². The van der Waals surface area contributed by atoms with Gasteiger partial charge in [0.05, 0.1) is 0 Å². The predicted molar refractivity (Wildman–Crippen MR) is 65.6 cm³/mol. The quantitative estimate of drug-likeness (QED) is 0.884. The fourth-order valence-corrected chi connectivity index (χ4v) is 1.70. The summed E-state index contributed by atoms with van der Waals surface area (Å²) in [4.78, 5) is 3.93. The molecule has 5 heteroatoms.